The van der Waals surface area contributed by atoms with Gasteiger partial charge in [0.2, 0.25) is 0 Å². The molecule has 0 saturated heterocycles. The lowest BCUT2D eigenvalue weighted by Crippen LogP contribution is -2.43. The molecular formula is C10H12ClN3OS2. The van der Waals surface area contributed by atoms with E-state index in [2.05, 4.69) is 10.7 Å². The summed E-state index contributed by atoms with van der Waals surface area (Å²) < 4.78 is 0.575. The van der Waals surface area contributed by atoms with E-state index in [1.165, 1.54) is 16.8 Å². The maximum absolute atomic E-state index is 11.6. The molecule has 0 saturated carbocycles. The van der Waals surface area contributed by atoms with Crippen LogP contribution in [0.2, 0.25) is 5.02 Å². The number of carbonyl (C=O) groups excluding carboxylic acids is 1. The smallest absolute Gasteiger partial charge is 0.307 e. The Kier molecular flexibility index (Phi) is 5.54. The van der Waals surface area contributed by atoms with Crippen LogP contribution in [0.4, 0.5) is 10.5 Å². The molecule has 0 heterocycles. The lowest BCUT2D eigenvalue weighted by molar-refractivity contribution is 0.237. The van der Waals surface area contributed by atoms with Gasteiger partial charge < -0.3 is 5.32 Å². The van der Waals surface area contributed by atoms with Crippen molar-refractivity contribution in [3.63, 3.8) is 0 Å². The van der Waals surface area contributed by atoms with Crippen molar-refractivity contribution >= 4 is 51.6 Å². The Morgan fingerprint density at radius 3 is 2.82 bits per heavy atom. The van der Waals surface area contributed by atoms with Gasteiger partial charge in [0, 0.05) is 17.8 Å². The molecule has 7 heteroatoms. The van der Waals surface area contributed by atoms with Crippen LogP contribution in [0.3, 0.4) is 0 Å². The van der Waals surface area contributed by atoms with Crippen LogP contribution in [0.25, 0.3) is 0 Å². The molecule has 0 aliphatic heterocycles. The van der Waals surface area contributed by atoms with Crippen molar-refractivity contribution in [2.24, 2.45) is 0 Å². The Bertz CT molecular complexity index is 428. The van der Waals surface area contributed by atoms with Gasteiger partial charge in [0.25, 0.3) is 0 Å². The highest BCUT2D eigenvalue weighted by molar-refractivity contribution is 8.22. The number of thiocarbonyl (C=S) groups is 1. The van der Waals surface area contributed by atoms with Crippen molar-refractivity contribution in [3.8, 4) is 0 Å². The van der Waals surface area contributed by atoms with Crippen LogP contribution >= 0.6 is 35.6 Å². The van der Waals surface area contributed by atoms with Gasteiger partial charge in [0.15, 0.2) is 4.32 Å². The Balaban J connectivity index is 2.53. The maximum Gasteiger partial charge on any atom is 0.338 e. The van der Waals surface area contributed by atoms with Crippen molar-refractivity contribution in [3.05, 3.63) is 29.3 Å². The average molecular weight is 290 g/mol. The lowest BCUT2D eigenvalue weighted by Gasteiger charge is -2.19. The number of hydrogen-bond donors (Lipinski definition) is 2. The van der Waals surface area contributed by atoms with Gasteiger partial charge >= 0.3 is 6.03 Å². The van der Waals surface area contributed by atoms with Crippen LogP contribution < -0.4 is 10.7 Å². The zero-order valence-electron chi connectivity index (χ0n) is 9.36. The first-order valence-corrected chi connectivity index (χ1v) is 6.69. The molecule has 0 aliphatic carbocycles. The topological polar surface area (TPSA) is 44.4 Å². The SMILES string of the molecule is CSC(=S)N(C)NC(=O)Nc1cccc(Cl)c1. The van der Waals surface area contributed by atoms with Gasteiger partial charge in [-0.05, 0) is 24.5 Å². The van der Waals surface area contributed by atoms with Gasteiger partial charge in [-0.3, -0.25) is 5.01 Å². The molecule has 0 bridgehead atoms. The monoisotopic (exact) mass is 289 g/mol. The minimum atomic E-state index is -0.369. The number of thioether (sulfide) groups is 1. The predicted molar refractivity (Wildman–Crippen MR) is 77.5 cm³/mol. The highest BCUT2D eigenvalue weighted by Crippen LogP contribution is 2.14. The normalized spacial score (nSPS) is 9.59. The Labute approximate surface area is 115 Å². The second kappa shape index (κ2) is 6.68. The summed E-state index contributed by atoms with van der Waals surface area (Å²) in [6, 6.07) is 6.53. The number of benzene rings is 1. The number of urea groups is 1. The fourth-order valence-electron chi connectivity index (χ4n) is 1.06. The second-order valence-corrected chi connectivity index (χ2v) is 4.98. The summed E-state index contributed by atoms with van der Waals surface area (Å²) in [5, 5.41) is 4.69. The van der Waals surface area contributed by atoms with Crippen molar-refractivity contribution in [1.82, 2.24) is 10.4 Å². The molecule has 0 fully saturated rings. The minimum absolute atomic E-state index is 0.369. The number of nitrogens with zero attached hydrogens (tertiary/aromatic N) is 1. The molecule has 1 rings (SSSR count). The van der Waals surface area contributed by atoms with E-state index < -0.39 is 0 Å². The van der Waals surface area contributed by atoms with E-state index in [1.54, 1.807) is 31.3 Å². The maximum atomic E-state index is 11.6. The van der Waals surface area contributed by atoms with Crippen LogP contribution in [0.15, 0.2) is 24.3 Å². The molecule has 17 heavy (non-hydrogen) atoms. The van der Waals surface area contributed by atoms with Gasteiger partial charge in [-0.2, -0.15) is 0 Å². The zero-order valence-corrected chi connectivity index (χ0v) is 11.7. The number of hydrogen-bond acceptors (Lipinski definition) is 3. The molecule has 4 nitrogen and oxygen atoms in total. The molecule has 1 aromatic rings. The minimum Gasteiger partial charge on any atom is -0.307 e. The number of halogens is 1. The molecule has 0 unspecified atom stereocenters. The van der Waals surface area contributed by atoms with Crippen LogP contribution in [-0.2, 0) is 0 Å². The van der Waals surface area contributed by atoms with Crippen LogP contribution in [-0.4, -0.2) is 28.7 Å². The molecule has 92 valence electrons. The summed E-state index contributed by atoms with van der Waals surface area (Å²) in [5.74, 6) is 0. The summed E-state index contributed by atoms with van der Waals surface area (Å²) >= 11 is 12.2. The fourth-order valence-corrected chi connectivity index (χ4v) is 1.62. The van der Waals surface area contributed by atoms with Crippen molar-refractivity contribution in [1.29, 1.82) is 0 Å². The van der Waals surface area contributed by atoms with Crippen molar-refractivity contribution in [2.75, 3.05) is 18.6 Å². The molecule has 0 spiro atoms. The largest absolute Gasteiger partial charge is 0.338 e. The first-order valence-electron chi connectivity index (χ1n) is 4.68. The van der Waals surface area contributed by atoms with Crippen LogP contribution in [0.1, 0.15) is 0 Å². The zero-order chi connectivity index (χ0) is 12.8. The third-order valence-electron chi connectivity index (χ3n) is 1.80. The third kappa shape index (κ3) is 4.80. The van der Waals surface area contributed by atoms with Gasteiger partial charge in [0.1, 0.15) is 0 Å². The van der Waals surface area contributed by atoms with Crippen LogP contribution in [0, 0.1) is 0 Å². The summed E-state index contributed by atoms with van der Waals surface area (Å²) in [5.41, 5.74) is 3.20. The van der Waals surface area contributed by atoms with E-state index >= 15 is 0 Å². The molecule has 2 N–H and O–H groups in total. The predicted octanol–water partition coefficient (Wildman–Crippen LogP) is 2.96. The van der Waals surface area contributed by atoms with E-state index in [4.69, 9.17) is 23.8 Å². The third-order valence-corrected chi connectivity index (χ3v) is 3.43. The molecule has 0 radical (unpaired) electrons. The lowest BCUT2D eigenvalue weighted by atomic mass is 10.3. The molecule has 0 aromatic heterocycles. The fraction of sp³-hybridized carbons (Fsp3) is 0.200. The second-order valence-electron chi connectivity index (χ2n) is 3.11. The van der Waals surface area contributed by atoms with E-state index in [9.17, 15) is 4.79 Å². The molecule has 0 aliphatic rings. The summed E-state index contributed by atoms with van der Waals surface area (Å²) in [4.78, 5) is 11.6. The van der Waals surface area contributed by atoms with E-state index in [1.807, 2.05) is 6.26 Å². The summed E-state index contributed by atoms with van der Waals surface area (Å²) in [6.07, 6.45) is 1.84. The molecule has 1 aromatic carbocycles. The highest BCUT2D eigenvalue weighted by atomic mass is 35.5. The summed E-state index contributed by atoms with van der Waals surface area (Å²) in [7, 11) is 1.68. The first kappa shape index (κ1) is 14.1. The molecular weight excluding hydrogens is 278 g/mol. The quantitative estimate of drug-likeness (QED) is 0.616. The van der Waals surface area contributed by atoms with Gasteiger partial charge in [0.05, 0.1) is 0 Å². The van der Waals surface area contributed by atoms with Gasteiger partial charge in [-0.1, -0.05) is 41.6 Å². The number of hydrazine groups is 1. The number of anilines is 1. The van der Waals surface area contributed by atoms with E-state index in [0.29, 0.717) is 15.0 Å². The van der Waals surface area contributed by atoms with Crippen molar-refractivity contribution < 1.29 is 4.79 Å². The van der Waals surface area contributed by atoms with E-state index in [-0.39, 0.29) is 6.03 Å². The van der Waals surface area contributed by atoms with Gasteiger partial charge in [-0.15, -0.1) is 0 Å². The average Bonchev–Trinajstić information content (AvgIpc) is 2.27. The number of rotatable bonds is 1. The number of amides is 2. The summed E-state index contributed by atoms with van der Waals surface area (Å²) in [6.45, 7) is 0. The van der Waals surface area contributed by atoms with E-state index in [0.717, 1.165) is 0 Å². The standard InChI is InChI=1S/C10H12ClN3OS2/c1-14(10(16)17-2)13-9(15)12-8-5-3-4-7(11)6-8/h3-6H,1-2H3,(H2,12,13,15). The Morgan fingerprint density at radius 1 is 1.53 bits per heavy atom. The molecule has 0 atom stereocenters. The Hall–Kier alpha value is -0.980. The number of carbonyl (C=O) groups is 1. The molecule has 2 amide bonds. The van der Waals surface area contributed by atoms with Crippen LogP contribution in [0.5, 0.6) is 0 Å². The van der Waals surface area contributed by atoms with Crippen molar-refractivity contribution in [2.45, 2.75) is 0 Å². The Morgan fingerprint density at radius 2 is 2.24 bits per heavy atom. The number of nitrogens with one attached hydrogen (secondary N) is 2. The highest BCUT2D eigenvalue weighted by Gasteiger charge is 2.07. The first-order chi connectivity index (χ1) is 8.02. The van der Waals surface area contributed by atoms with Gasteiger partial charge in [-0.25, -0.2) is 10.2 Å².